The van der Waals surface area contributed by atoms with Crippen molar-refractivity contribution in [3.8, 4) is 17.2 Å². The molecule has 0 bridgehead atoms. The van der Waals surface area contributed by atoms with Crippen LogP contribution in [0.2, 0.25) is 0 Å². The molecule has 0 saturated heterocycles. The average molecular weight is 308 g/mol. The first-order valence-electron chi connectivity index (χ1n) is 7.57. The topological polar surface area (TPSA) is 44.8 Å². The monoisotopic (exact) mass is 308 g/mol. The second-order valence-corrected chi connectivity index (χ2v) is 5.60. The maximum absolute atomic E-state index is 12.7. The maximum atomic E-state index is 12.7. The minimum atomic E-state index is 0.0745. The van der Waals surface area contributed by atoms with Gasteiger partial charge in [-0.2, -0.15) is 0 Å². The van der Waals surface area contributed by atoms with Crippen LogP contribution >= 0.6 is 0 Å². The van der Waals surface area contributed by atoms with Crippen molar-refractivity contribution in [2.24, 2.45) is 0 Å². The quantitative estimate of drug-likeness (QED) is 0.795. The fraction of sp³-hybridized carbons (Fsp3) is 0.211. The molecule has 0 fully saturated rings. The van der Waals surface area contributed by atoms with Crippen LogP contribution in [0.1, 0.15) is 27.9 Å². The van der Waals surface area contributed by atoms with Gasteiger partial charge in [0, 0.05) is 16.7 Å². The summed E-state index contributed by atoms with van der Waals surface area (Å²) in [6.45, 7) is 0.228. The van der Waals surface area contributed by atoms with Gasteiger partial charge in [-0.15, -0.1) is 0 Å². The van der Waals surface area contributed by atoms with Gasteiger partial charge in [0.15, 0.2) is 17.3 Å². The lowest BCUT2D eigenvalue weighted by atomic mass is 9.86. The zero-order valence-electron chi connectivity index (χ0n) is 12.8. The molecular formula is C19H16O4. The summed E-state index contributed by atoms with van der Waals surface area (Å²) in [5, 5.41) is 0. The molecule has 0 N–H and O–H groups in total. The van der Waals surface area contributed by atoms with Gasteiger partial charge in [-0.25, -0.2) is 0 Å². The number of benzene rings is 2. The first-order valence-corrected chi connectivity index (χ1v) is 7.57. The molecule has 1 aliphatic carbocycles. The third-order valence-corrected chi connectivity index (χ3v) is 4.27. The molecule has 0 unspecified atom stereocenters. The number of para-hydroxylation sites is 1. The van der Waals surface area contributed by atoms with Crippen LogP contribution in [-0.4, -0.2) is 19.7 Å². The van der Waals surface area contributed by atoms with Crippen LogP contribution in [0.5, 0.6) is 17.2 Å². The molecule has 116 valence electrons. The van der Waals surface area contributed by atoms with Crippen LogP contribution in [0, 0.1) is 0 Å². The number of carbonyl (C=O) groups excluding carboxylic acids is 1. The van der Waals surface area contributed by atoms with Gasteiger partial charge in [0.05, 0.1) is 7.11 Å². The van der Waals surface area contributed by atoms with E-state index in [0.29, 0.717) is 12.2 Å². The zero-order chi connectivity index (χ0) is 15.8. The minimum Gasteiger partial charge on any atom is -0.497 e. The van der Waals surface area contributed by atoms with Crippen molar-refractivity contribution >= 4 is 11.9 Å². The predicted molar refractivity (Wildman–Crippen MR) is 86.2 cm³/mol. The Morgan fingerprint density at radius 1 is 1.13 bits per heavy atom. The van der Waals surface area contributed by atoms with Crippen LogP contribution < -0.4 is 14.2 Å². The first-order chi connectivity index (χ1) is 11.3. The van der Waals surface area contributed by atoms with Gasteiger partial charge in [-0.05, 0) is 48.7 Å². The molecule has 2 aromatic carbocycles. The smallest absolute Gasteiger partial charge is 0.231 e. The van der Waals surface area contributed by atoms with Crippen LogP contribution in [0.25, 0.3) is 6.08 Å². The number of allylic oxidation sites excluding steroid dienone is 1. The van der Waals surface area contributed by atoms with Crippen molar-refractivity contribution in [1.29, 1.82) is 0 Å². The molecule has 1 heterocycles. The number of aryl methyl sites for hydroxylation is 1. The van der Waals surface area contributed by atoms with Crippen molar-refractivity contribution in [2.45, 2.75) is 12.8 Å². The number of fused-ring (bicyclic) bond motifs is 2. The number of rotatable bonds is 2. The van der Waals surface area contributed by atoms with Crippen LogP contribution in [0.15, 0.2) is 42.0 Å². The molecule has 0 amide bonds. The average Bonchev–Trinajstić information content (AvgIpc) is 3.06. The zero-order valence-corrected chi connectivity index (χ0v) is 12.8. The Hall–Kier alpha value is -2.75. The Bertz CT molecular complexity index is 820. The minimum absolute atomic E-state index is 0.0745. The van der Waals surface area contributed by atoms with E-state index in [1.54, 1.807) is 7.11 Å². The number of carbonyl (C=O) groups is 1. The molecule has 0 radical (unpaired) electrons. The molecule has 0 saturated carbocycles. The number of hydrogen-bond acceptors (Lipinski definition) is 4. The van der Waals surface area contributed by atoms with Crippen molar-refractivity contribution < 1.29 is 19.0 Å². The Morgan fingerprint density at radius 2 is 2.04 bits per heavy atom. The van der Waals surface area contributed by atoms with E-state index >= 15 is 0 Å². The van der Waals surface area contributed by atoms with E-state index in [1.165, 1.54) is 0 Å². The molecule has 4 nitrogen and oxygen atoms in total. The summed E-state index contributed by atoms with van der Waals surface area (Å²) in [6, 6.07) is 11.3. The lowest BCUT2D eigenvalue weighted by Crippen LogP contribution is -2.14. The number of methoxy groups -OCH3 is 1. The van der Waals surface area contributed by atoms with E-state index in [0.717, 1.165) is 40.2 Å². The number of ketones is 1. The van der Waals surface area contributed by atoms with E-state index in [9.17, 15) is 4.79 Å². The van der Waals surface area contributed by atoms with Crippen molar-refractivity contribution in [3.05, 3.63) is 58.7 Å². The predicted octanol–water partition coefficient (Wildman–Crippen LogP) is 3.64. The summed E-state index contributed by atoms with van der Waals surface area (Å²) < 4.78 is 16.1. The highest BCUT2D eigenvalue weighted by Gasteiger charge is 2.24. The Morgan fingerprint density at radius 3 is 2.91 bits per heavy atom. The Kier molecular flexibility index (Phi) is 3.30. The van der Waals surface area contributed by atoms with Crippen molar-refractivity contribution in [2.75, 3.05) is 13.9 Å². The van der Waals surface area contributed by atoms with Gasteiger partial charge < -0.3 is 14.2 Å². The summed E-state index contributed by atoms with van der Waals surface area (Å²) in [6.07, 6.45) is 3.46. The summed E-state index contributed by atoms with van der Waals surface area (Å²) in [7, 11) is 1.63. The summed E-state index contributed by atoms with van der Waals surface area (Å²) in [4.78, 5) is 12.7. The molecule has 4 heteroatoms. The Labute approximate surface area is 134 Å². The van der Waals surface area contributed by atoms with E-state index in [4.69, 9.17) is 14.2 Å². The summed E-state index contributed by atoms with van der Waals surface area (Å²) >= 11 is 0. The molecule has 23 heavy (non-hydrogen) atoms. The number of ether oxygens (including phenoxy) is 3. The fourth-order valence-electron chi connectivity index (χ4n) is 3.07. The second kappa shape index (κ2) is 5.47. The van der Waals surface area contributed by atoms with E-state index < -0.39 is 0 Å². The molecule has 2 aliphatic rings. The molecule has 2 aromatic rings. The normalized spacial score (nSPS) is 17.3. The molecule has 0 aromatic heterocycles. The lowest BCUT2D eigenvalue weighted by Gasteiger charge is -2.18. The van der Waals surface area contributed by atoms with Gasteiger partial charge in [0.25, 0.3) is 0 Å². The van der Waals surface area contributed by atoms with Crippen molar-refractivity contribution in [3.63, 3.8) is 0 Å². The lowest BCUT2D eigenvalue weighted by molar-refractivity contribution is 0.102. The third kappa shape index (κ3) is 2.36. The van der Waals surface area contributed by atoms with Gasteiger partial charge in [0.2, 0.25) is 6.79 Å². The molecule has 1 aliphatic heterocycles. The fourth-order valence-corrected chi connectivity index (χ4v) is 3.07. The van der Waals surface area contributed by atoms with Crippen LogP contribution in [0.4, 0.5) is 0 Å². The molecule has 4 rings (SSSR count). The SMILES string of the molecule is COc1ccc2c(c1)CC/C(=C\c1cccc3c1OCO3)C2=O. The number of Topliss-reactive ketones (excluding diaryl/α,β-unsaturated/α-hetero) is 1. The standard InChI is InChI=1S/C19H16O4/c1-21-15-7-8-16-12(10-15)5-6-13(18(16)20)9-14-3-2-4-17-19(14)23-11-22-17/h2-4,7-10H,5-6,11H2,1H3/b13-9+. The Balaban J connectivity index is 1.71. The third-order valence-electron chi connectivity index (χ3n) is 4.27. The van der Waals surface area contributed by atoms with Crippen LogP contribution in [0.3, 0.4) is 0 Å². The molecule has 0 atom stereocenters. The van der Waals surface area contributed by atoms with E-state index in [-0.39, 0.29) is 12.6 Å². The largest absolute Gasteiger partial charge is 0.497 e. The molecular weight excluding hydrogens is 292 g/mol. The van der Waals surface area contributed by atoms with E-state index in [2.05, 4.69) is 0 Å². The highest BCUT2D eigenvalue weighted by atomic mass is 16.7. The van der Waals surface area contributed by atoms with Crippen LogP contribution in [-0.2, 0) is 6.42 Å². The number of hydrogen-bond donors (Lipinski definition) is 0. The highest BCUT2D eigenvalue weighted by Crippen LogP contribution is 2.38. The molecule has 0 spiro atoms. The highest BCUT2D eigenvalue weighted by molar-refractivity contribution is 6.13. The summed E-state index contributed by atoms with van der Waals surface area (Å²) in [5.41, 5.74) is 3.49. The second-order valence-electron chi connectivity index (χ2n) is 5.60. The van der Waals surface area contributed by atoms with E-state index in [1.807, 2.05) is 42.5 Å². The maximum Gasteiger partial charge on any atom is 0.231 e. The first kappa shape index (κ1) is 13.9. The van der Waals surface area contributed by atoms with Gasteiger partial charge >= 0.3 is 0 Å². The van der Waals surface area contributed by atoms with Crippen molar-refractivity contribution in [1.82, 2.24) is 0 Å². The van der Waals surface area contributed by atoms with Gasteiger partial charge in [-0.3, -0.25) is 4.79 Å². The summed E-state index contributed by atoms with van der Waals surface area (Å²) in [5.74, 6) is 2.31. The van der Waals surface area contributed by atoms with Gasteiger partial charge in [-0.1, -0.05) is 12.1 Å². The van der Waals surface area contributed by atoms with Gasteiger partial charge in [0.1, 0.15) is 5.75 Å².